The van der Waals surface area contributed by atoms with E-state index in [-0.39, 0.29) is 11.3 Å². The van der Waals surface area contributed by atoms with Gasteiger partial charge in [-0.05, 0) is 15.9 Å². The number of halogens is 1. The van der Waals surface area contributed by atoms with Crippen molar-refractivity contribution in [1.29, 1.82) is 5.26 Å². The van der Waals surface area contributed by atoms with E-state index in [0.29, 0.717) is 4.60 Å². The summed E-state index contributed by atoms with van der Waals surface area (Å²) in [6, 6.07) is 2.94. The number of rotatable bonds is 1. The van der Waals surface area contributed by atoms with Gasteiger partial charge in [-0.1, -0.05) is 0 Å². The highest BCUT2D eigenvalue weighted by atomic mass is 79.9. The molecule has 0 spiro atoms. The van der Waals surface area contributed by atoms with Crippen LogP contribution < -0.4 is 0 Å². The Labute approximate surface area is 75.9 Å². The maximum Gasteiger partial charge on any atom is 0.288 e. The van der Waals surface area contributed by atoms with E-state index in [1.165, 1.54) is 0 Å². The van der Waals surface area contributed by atoms with E-state index >= 15 is 0 Å². The highest BCUT2D eigenvalue weighted by Gasteiger charge is 2.09. The lowest BCUT2D eigenvalue weighted by molar-refractivity contribution is -0.385. The van der Waals surface area contributed by atoms with Crippen LogP contribution in [0.3, 0.4) is 0 Å². The molecular formula is C6H2BrN3O2. The molecule has 0 amide bonds. The largest absolute Gasteiger partial charge is 0.288 e. The predicted molar refractivity (Wildman–Crippen MR) is 43.3 cm³/mol. The molecule has 0 bridgehead atoms. The molecule has 0 radical (unpaired) electrons. The average molecular weight is 228 g/mol. The molecular weight excluding hydrogens is 226 g/mol. The topological polar surface area (TPSA) is 79.8 Å². The van der Waals surface area contributed by atoms with Crippen molar-refractivity contribution in [2.75, 3.05) is 0 Å². The minimum absolute atomic E-state index is 0.157. The average Bonchev–Trinajstić information content (AvgIpc) is 2.05. The van der Waals surface area contributed by atoms with Gasteiger partial charge in [0.15, 0.2) is 0 Å². The zero-order chi connectivity index (χ0) is 9.14. The lowest BCUT2D eigenvalue weighted by Gasteiger charge is -1.92. The van der Waals surface area contributed by atoms with E-state index in [4.69, 9.17) is 5.26 Å². The van der Waals surface area contributed by atoms with E-state index in [1.807, 2.05) is 0 Å². The van der Waals surface area contributed by atoms with Crippen LogP contribution in [0.15, 0.2) is 16.9 Å². The summed E-state index contributed by atoms with van der Waals surface area (Å²) in [5.74, 6) is 0. The van der Waals surface area contributed by atoms with Crippen LogP contribution in [0.2, 0.25) is 0 Å². The molecule has 0 aliphatic rings. The van der Waals surface area contributed by atoms with Crippen molar-refractivity contribution in [1.82, 2.24) is 4.98 Å². The fourth-order valence-electron chi connectivity index (χ4n) is 0.615. The maximum atomic E-state index is 10.2. The molecule has 0 unspecified atom stereocenters. The van der Waals surface area contributed by atoms with Gasteiger partial charge in [-0.2, -0.15) is 5.26 Å². The number of nitrogens with zero attached hydrogens (tertiary/aromatic N) is 3. The summed E-state index contributed by atoms with van der Waals surface area (Å²) in [6.45, 7) is 0. The zero-order valence-corrected chi connectivity index (χ0v) is 7.28. The third kappa shape index (κ3) is 1.57. The van der Waals surface area contributed by atoms with Gasteiger partial charge >= 0.3 is 0 Å². The lowest BCUT2D eigenvalue weighted by atomic mass is 10.3. The SMILES string of the molecule is N#Cc1cc([N+](=O)[O-])cnc1Br. The van der Waals surface area contributed by atoms with Crippen LogP contribution in [0.1, 0.15) is 5.56 Å². The molecule has 60 valence electrons. The number of nitriles is 1. The molecule has 0 aliphatic carbocycles. The molecule has 1 rings (SSSR count). The number of nitro groups is 1. The van der Waals surface area contributed by atoms with Crippen LogP contribution in [0, 0.1) is 21.4 Å². The Morgan fingerprint density at radius 1 is 1.75 bits per heavy atom. The Hall–Kier alpha value is -1.48. The van der Waals surface area contributed by atoms with Crippen molar-refractivity contribution in [3.63, 3.8) is 0 Å². The molecule has 1 heterocycles. The number of aromatic nitrogens is 1. The second-order valence-corrected chi connectivity index (χ2v) is 2.65. The van der Waals surface area contributed by atoms with Gasteiger partial charge in [-0.25, -0.2) is 4.98 Å². The standard InChI is InChI=1S/C6H2BrN3O2/c7-6-4(2-8)1-5(3-9-6)10(11)12/h1,3H. The molecule has 5 nitrogen and oxygen atoms in total. The summed E-state index contributed by atoms with van der Waals surface area (Å²) in [4.78, 5) is 13.2. The van der Waals surface area contributed by atoms with Crippen molar-refractivity contribution in [3.8, 4) is 6.07 Å². The second kappa shape index (κ2) is 3.28. The van der Waals surface area contributed by atoms with Gasteiger partial charge in [0.2, 0.25) is 0 Å². The van der Waals surface area contributed by atoms with Gasteiger partial charge < -0.3 is 0 Å². The molecule has 12 heavy (non-hydrogen) atoms. The highest BCUT2D eigenvalue weighted by molar-refractivity contribution is 9.10. The van der Waals surface area contributed by atoms with Gasteiger partial charge in [0.05, 0.1) is 10.5 Å². The summed E-state index contributed by atoms with van der Waals surface area (Å²) in [6.07, 6.45) is 1.09. The number of hydrogen-bond donors (Lipinski definition) is 0. The highest BCUT2D eigenvalue weighted by Crippen LogP contribution is 2.18. The molecule has 0 atom stereocenters. The molecule has 0 N–H and O–H groups in total. The van der Waals surface area contributed by atoms with Crippen molar-refractivity contribution in [2.45, 2.75) is 0 Å². The Balaban J connectivity index is 3.25. The summed E-state index contributed by atoms with van der Waals surface area (Å²) < 4.78 is 0.315. The second-order valence-electron chi connectivity index (χ2n) is 1.90. The fourth-order valence-corrected chi connectivity index (χ4v) is 0.921. The Kier molecular flexibility index (Phi) is 2.35. The molecule has 0 saturated heterocycles. The first-order valence-corrected chi connectivity index (χ1v) is 3.64. The summed E-state index contributed by atoms with van der Waals surface area (Å²) >= 11 is 2.98. The van der Waals surface area contributed by atoms with Crippen LogP contribution >= 0.6 is 15.9 Å². The van der Waals surface area contributed by atoms with Gasteiger partial charge in [0, 0.05) is 6.07 Å². The fraction of sp³-hybridized carbons (Fsp3) is 0. The molecule has 1 aromatic heterocycles. The van der Waals surface area contributed by atoms with Gasteiger partial charge in [-0.15, -0.1) is 0 Å². The summed E-state index contributed by atoms with van der Waals surface area (Å²) in [7, 11) is 0. The van der Waals surface area contributed by atoms with Crippen LogP contribution in [-0.4, -0.2) is 9.91 Å². The quantitative estimate of drug-likeness (QED) is 0.415. The molecule has 6 heteroatoms. The van der Waals surface area contributed by atoms with Crippen molar-refractivity contribution >= 4 is 21.6 Å². The Bertz CT molecular complexity index is 372. The Morgan fingerprint density at radius 3 is 2.92 bits per heavy atom. The van der Waals surface area contributed by atoms with Crippen LogP contribution in [-0.2, 0) is 0 Å². The van der Waals surface area contributed by atoms with E-state index < -0.39 is 4.92 Å². The van der Waals surface area contributed by atoms with Crippen molar-refractivity contribution < 1.29 is 4.92 Å². The molecule has 0 fully saturated rings. The molecule has 0 aromatic carbocycles. The summed E-state index contributed by atoms with van der Waals surface area (Å²) in [5, 5.41) is 18.7. The summed E-state index contributed by atoms with van der Waals surface area (Å²) in [5.41, 5.74) is -0.0287. The third-order valence-corrected chi connectivity index (χ3v) is 1.79. The Morgan fingerprint density at radius 2 is 2.42 bits per heavy atom. The normalized spacial score (nSPS) is 9.00. The monoisotopic (exact) mass is 227 g/mol. The van der Waals surface area contributed by atoms with Gasteiger partial charge in [0.1, 0.15) is 16.9 Å². The minimum Gasteiger partial charge on any atom is -0.258 e. The van der Waals surface area contributed by atoms with Crippen molar-refractivity contribution in [3.05, 3.63) is 32.5 Å². The van der Waals surface area contributed by atoms with E-state index in [0.717, 1.165) is 12.3 Å². The van der Waals surface area contributed by atoms with E-state index in [1.54, 1.807) is 6.07 Å². The van der Waals surface area contributed by atoms with E-state index in [9.17, 15) is 10.1 Å². The third-order valence-electron chi connectivity index (χ3n) is 1.16. The minimum atomic E-state index is -0.597. The first kappa shape index (κ1) is 8.62. The molecule has 0 saturated carbocycles. The van der Waals surface area contributed by atoms with E-state index in [2.05, 4.69) is 20.9 Å². The predicted octanol–water partition coefficient (Wildman–Crippen LogP) is 1.62. The van der Waals surface area contributed by atoms with Crippen LogP contribution in [0.25, 0.3) is 0 Å². The zero-order valence-electron chi connectivity index (χ0n) is 5.69. The number of pyridine rings is 1. The maximum absolute atomic E-state index is 10.2. The van der Waals surface area contributed by atoms with Gasteiger partial charge in [-0.3, -0.25) is 10.1 Å². The molecule has 0 aliphatic heterocycles. The first-order valence-electron chi connectivity index (χ1n) is 2.85. The van der Waals surface area contributed by atoms with Crippen LogP contribution in [0.5, 0.6) is 0 Å². The van der Waals surface area contributed by atoms with Gasteiger partial charge in [0.25, 0.3) is 5.69 Å². The number of hydrogen-bond acceptors (Lipinski definition) is 4. The lowest BCUT2D eigenvalue weighted by Crippen LogP contribution is -1.91. The first-order chi connectivity index (χ1) is 5.65. The smallest absolute Gasteiger partial charge is 0.258 e. The van der Waals surface area contributed by atoms with Crippen LogP contribution in [0.4, 0.5) is 5.69 Å². The van der Waals surface area contributed by atoms with Crippen molar-refractivity contribution in [2.24, 2.45) is 0 Å². The molecule has 1 aromatic rings.